The number of carbonyl (C=O) groups is 1. The molecule has 0 spiro atoms. The van der Waals surface area contributed by atoms with Gasteiger partial charge in [-0.2, -0.15) is 4.52 Å². The summed E-state index contributed by atoms with van der Waals surface area (Å²) in [5.41, 5.74) is 7.97. The predicted molar refractivity (Wildman–Crippen MR) is 128 cm³/mol. The van der Waals surface area contributed by atoms with E-state index in [4.69, 9.17) is 15.5 Å². The monoisotopic (exact) mass is 483 g/mol. The predicted octanol–water partition coefficient (Wildman–Crippen LogP) is 4.00. The highest BCUT2D eigenvalue weighted by Crippen LogP contribution is 2.32. The highest BCUT2D eigenvalue weighted by atomic mass is 32.1. The second-order valence-corrected chi connectivity index (χ2v) is 9.85. The van der Waals surface area contributed by atoms with Gasteiger partial charge in [0.1, 0.15) is 0 Å². The Labute approximate surface area is 199 Å². The molecule has 0 aliphatic carbocycles. The van der Waals surface area contributed by atoms with E-state index in [0.717, 1.165) is 18.5 Å². The number of anilines is 1. The van der Waals surface area contributed by atoms with Crippen LogP contribution in [0.25, 0.3) is 16.6 Å². The molecule has 3 aromatic heterocycles. The van der Waals surface area contributed by atoms with Crippen LogP contribution in [-0.2, 0) is 0 Å². The number of nitrogen functional groups attached to an aromatic ring is 1. The van der Waals surface area contributed by atoms with Crippen LogP contribution in [0.2, 0.25) is 0 Å². The van der Waals surface area contributed by atoms with Crippen molar-refractivity contribution in [2.75, 3.05) is 19.4 Å². The lowest BCUT2D eigenvalue weighted by Gasteiger charge is -2.36. The number of rotatable bonds is 4. The third-order valence-electron chi connectivity index (χ3n) is 6.39. The zero-order chi connectivity index (χ0) is 24.1. The average molecular weight is 484 g/mol. The molecule has 11 heteroatoms. The van der Waals surface area contributed by atoms with Crippen LogP contribution < -0.4 is 10.5 Å². The van der Waals surface area contributed by atoms with E-state index >= 15 is 0 Å². The fraction of sp³-hybridized carbons (Fsp3) is 0.435. The molecule has 5 rings (SSSR count). The summed E-state index contributed by atoms with van der Waals surface area (Å²) in [6.07, 6.45) is 1.64. The molecule has 34 heavy (non-hydrogen) atoms. The summed E-state index contributed by atoms with van der Waals surface area (Å²) >= 11 is 1.38. The first-order valence-corrected chi connectivity index (χ1v) is 12.1. The first kappa shape index (κ1) is 22.5. The van der Waals surface area contributed by atoms with Crippen molar-refractivity contribution in [1.29, 1.82) is 0 Å². The Bertz CT molecular complexity index is 1400. The van der Waals surface area contributed by atoms with Crippen molar-refractivity contribution in [2.24, 2.45) is 0 Å². The summed E-state index contributed by atoms with van der Waals surface area (Å²) < 4.78 is 20.9. The second-order valence-electron chi connectivity index (χ2n) is 8.99. The quantitative estimate of drug-likeness (QED) is 0.467. The van der Waals surface area contributed by atoms with Crippen LogP contribution in [0.4, 0.5) is 10.3 Å². The molecule has 4 heterocycles. The minimum absolute atomic E-state index is 0.0707. The molecular weight excluding hydrogens is 457 g/mol. The molecule has 2 atom stereocenters. The van der Waals surface area contributed by atoms with Gasteiger partial charge in [-0.05, 0) is 31.7 Å². The summed E-state index contributed by atoms with van der Waals surface area (Å²) in [7, 11) is 1.40. The molecular formula is C23H26FN7O2S. The average Bonchev–Trinajstić information content (AvgIpc) is 3.48. The minimum Gasteiger partial charge on any atom is -0.494 e. The van der Waals surface area contributed by atoms with Crippen LogP contribution >= 0.6 is 11.3 Å². The smallest absolute Gasteiger partial charge is 0.283 e. The third-order valence-corrected chi connectivity index (χ3v) is 7.24. The maximum Gasteiger partial charge on any atom is 0.283 e. The number of nitrogens with two attached hydrogens (primary N) is 1. The van der Waals surface area contributed by atoms with Crippen molar-refractivity contribution in [3.63, 3.8) is 0 Å². The number of benzene rings is 1. The molecule has 2 N–H and O–H groups in total. The van der Waals surface area contributed by atoms with Crippen LogP contribution in [0.5, 0.6) is 5.75 Å². The lowest BCUT2D eigenvalue weighted by Crippen LogP contribution is -2.45. The Morgan fingerprint density at radius 3 is 2.76 bits per heavy atom. The highest BCUT2D eigenvalue weighted by Gasteiger charge is 2.34. The van der Waals surface area contributed by atoms with E-state index in [1.165, 1.54) is 35.1 Å². The van der Waals surface area contributed by atoms with Crippen molar-refractivity contribution >= 4 is 39.7 Å². The van der Waals surface area contributed by atoms with Gasteiger partial charge in [-0.25, -0.2) is 19.3 Å². The lowest BCUT2D eigenvalue weighted by molar-refractivity contribution is 0.0605. The van der Waals surface area contributed by atoms with E-state index in [-0.39, 0.29) is 35.5 Å². The molecule has 178 valence electrons. The van der Waals surface area contributed by atoms with Crippen LogP contribution in [0.3, 0.4) is 0 Å². The zero-order valence-electron chi connectivity index (χ0n) is 19.4. The lowest BCUT2D eigenvalue weighted by atomic mass is 9.93. The van der Waals surface area contributed by atoms with Gasteiger partial charge in [0.25, 0.3) is 5.91 Å². The summed E-state index contributed by atoms with van der Waals surface area (Å²) in [6, 6.07) is 2.92. The third kappa shape index (κ3) is 3.73. The number of fused-ring (bicyclic) bond motifs is 3. The number of piperidine rings is 1. The largest absolute Gasteiger partial charge is 0.494 e. The number of hydrogen-bond donors (Lipinski definition) is 1. The molecule has 0 saturated carbocycles. The van der Waals surface area contributed by atoms with E-state index in [1.807, 2.05) is 17.2 Å². The van der Waals surface area contributed by atoms with Gasteiger partial charge in [0, 0.05) is 35.3 Å². The van der Waals surface area contributed by atoms with Crippen molar-refractivity contribution in [2.45, 2.75) is 51.5 Å². The molecule has 1 aromatic carbocycles. The van der Waals surface area contributed by atoms with Gasteiger partial charge in [-0.15, -0.1) is 16.4 Å². The number of likely N-dealkylation sites (tertiary alicyclic amines) is 1. The van der Waals surface area contributed by atoms with Gasteiger partial charge in [0.2, 0.25) is 5.95 Å². The number of thiazole rings is 1. The SMILES string of the molecule is COc1cc2nc(N)n3nc([C@@H]4CC[C@H](C)N(C(=O)c5nc(C(C)C)cs5)C4)nc3c2cc1F. The number of aromatic nitrogens is 5. The normalized spacial score (nSPS) is 18.8. The Hall–Kier alpha value is -3.34. The number of hydrogen-bond acceptors (Lipinski definition) is 8. The summed E-state index contributed by atoms with van der Waals surface area (Å²) in [4.78, 5) is 28.7. The number of amides is 1. The van der Waals surface area contributed by atoms with Crippen LogP contribution in [-0.4, -0.2) is 55.1 Å². The summed E-state index contributed by atoms with van der Waals surface area (Å²) in [6.45, 7) is 6.64. The molecule has 1 saturated heterocycles. The number of ether oxygens (including phenoxy) is 1. The van der Waals surface area contributed by atoms with Crippen molar-refractivity contribution in [3.05, 3.63) is 39.9 Å². The first-order valence-electron chi connectivity index (χ1n) is 11.2. The molecule has 1 fully saturated rings. The maximum atomic E-state index is 14.4. The van der Waals surface area contributed by atoms with Crippen molar-refractivity contribution in [3.8, 4) is 5.75 Å². The molecule has 0 radical (unpaired) electrons. The molecule has 1 amide bonds. The van der Waals surface area contributed by atoms with E-state index in [1.54, 1.807) is 0 Å². The number of halogens is 1. The fourth-order valence-electron chi connectivity index (χ4n) is 4.35. The van der Waals surface area contributed by atoms with Gasteiger partial charge in [0.05, 0.1) is 18.3 Å². The van der Waals surface area contributed by atoms with E-state index < -0.39 is 5.82 Å². The number of methoxy groups -OCH3 is 1. The van der Waals surface area contributed by atoms with E-state index in [0.29, 0.717) is 33.9 Å². The van der Waals surface area contributed by atoms with Gasteiger partial charge in [0.15, 0.2) is 28.0 Å². The first-order chi connectivity index (χ1) is 16.3. The second kappa shape index (κ2) is 8.46. The molecule has 4 aromatic rings. The molecule has 9 nitrogen and oxygen atoms in total. The van der Waals surface area contributed by atoms with Gasteiger partial charge in [-0.1, -0.05) is 13.8 Å². The van der Waals surface area contributed by atoms with Gasteiger partial charge < -0.3 is 15.4 Å². The highest BCUT2D eigenvalue weighted by molar-refractivity contribution is 7.11. The number of nitrogens with zero attached hydrogens (tertiary/aromatic N) is 6. The van der Waals surface area contributed by atoms with Crippen LogP contribution in [0.1, 0.15) is 66.8 Å². The van der Waals surface area contributed by atoms with Crippen molar-refractivity contribution in [1.82, 2.24) is 29.5 Å². The standard InChI is InChI=1S/C23H26FN7O2S/c1-11(2)17-10-34-21(26-17)22(32)30-9-13(6-5-12(30)3)19-28-20-14-7-15(24)18(33-4)8-16(14)27-23(25)31(20)29-19/h7-8,10-13H,5-6,9H2,1-4H3,(H2,25,27)/t12-,13+/m0/s1. The Kier molecular flexibility index (Phi) is 5.59. The van der Waals surface area contributed by atoms with Gasteiger partial charge in [-0.3, -0.25) is 4.79 Å². The van der Waals surface area contributed by atoms with E-state index in [9.17, 15) is 9.18 Å². The molecule has 1 aliphatic rings. The minimum atomic E-state index is -0.513. The van der Waals surface area contributed by atoms with Crippen molar-refractivity contribution < 1.29 is 13.9 Å². The molecule has 0 bridgehead atoms. The van der Waals surface area contributed by atoms with Crippen LogP contribution in [0.15, 0.2) is 17.5 Å². The Morgan fingerprint density at radius 1 is 1.26 bits per heavy atom. The summed E-state index contributed by atoms with van der Waals surface area (Å²) in [5.74, 6) is 0.396. The van der Waals surface area contributed by atoms with Gasteiger partial charge >= 0.3 is 0 Å². The Balaban J connectivity index is 1.49. The fourth-order valence-corrected chi connectivity index (χ4v) is 5.28. The maximum absolute atomic E-state index is 14.4. The van der Waals surface area contributed by atoms with E-state index in [2.05, 4.69) is 28.9 Å². The topological polar surface area (TPSA) is 112 Å². The molecule has 0 unspecified atom stereocenters. The number of carbonyl (C=O) groups excluding carboxylic acids is 1. The summed E-state index contributed by atoms with van der Waals surface area (Å²) in [5, 5.41) is 7.53. The Morgan fingerprint density at radius 2 is 2.06 bits per heavy atom. The molecule has 1 aliphatic heterocycles. The zero-order valence-corrected chi connectivity index (χ0v) is 20.3. The van der Waals surface area contributed by atoms with Crippen LogP contribution in [0, 0.1) is 5.82 Å².